The van der Waals surface area contributed by atoms with Crippen LogP contribution in [-0.2, 0) is 0 Å². The Morgan fingerprint density at radius 1 is 1.20 bits per heavy atom. The Morgan fingerprint density at radius 3 is 2.40 bits per heavy atom. The predicted molar refractivity (Wildman–Crippen MR) is 66.5 cm³/mol. The predicted octanol–water partition coefficient (Wildman–Crippen LogP) is 2.75. The molecule has 0 radical (unpaired) electrons. The minimum Gasteiger partial charge on any atom is -0.357 e. The lowest BCUT2D eigenvalue weighted by Gasteiger charge is -2.02. The van der Waals surface area contributed by atoms with E-state index in [2.05, 4.69) is 27.2 Å². The number of aryl methyl sites for hydroxylation is 1. The molecule has 1 N–H and O–H groups in total. The van der Waals surface area contributed by atoms with E-state index in [1.54, 1.807) is 11.8 Å². The van der Waals surface area contributed by atoms with E-state index >= 15 is 0 Å². The van der Waals surface area contributed by atoms with Crippen molar-refractivity contribution in [2.75, 3.05) is 18.1 Å². The Bertz CT molecular complexity index is 278. The number of anilines is 1. The van der Waals surface area contributed by atoms with Crippen LogP contribution in [-0.4, -0.2) is 27.8 Å². The number of nitrogens with one attached hydrogen (secondary N) is 1. The number of hydrogen-bond donors (Lipinski definition) is 1. The highest BCUT2D eigenvalue weighted by Gasteiger charge is 2.01. The van der Waals surface area contributed by atoms with Gasteiger partial charge in [-0.25, -0.2) is 4.98 Å². The van der Waals surface area contributed by atoms with Crippen LogP contribution < -0.4 is 5.32 Å². The highest BCUT2D eigenvalue weighted by molar-refractivity contribution is 7.99. The van der Waals surface area contributed by atoms with Crippen molar-refractivity contribution in [3.63, 3.8) is 0 Å². The fourth-order valence-corrected chi connectivity index (χ4v) is 1.56. The van der Waals surface area contributed by atoms with Crippen molar-refractivity contribution >= 4 is 17.7 Å². The summed E-state index contributed by atoms with van der Waals surface area (Å²) in [5.74, 6) is 2.45. The molecule has 0 aliphatic heterocycles. The van der Waals surface area contributed by atoms with E-state index in [-0.39, 0.29) is 0 Å². The van der Waals surface area contributed by atoms with Gasteiger partial charge in [-0.1, -0.05) is 32.5 Å². The summed E-state index contributed by atoms with van der Waals surface area (Å²) in [7, 11) is 1.81. The monoisotopic (exact) mass is 228 g/mol. The third-order valence-electron chi connectivity index (χ3n) is 1.39. The van der Waals surface area contributed by atoms with Crippen molar-refractivity contribution in [1.29, 1.82) is 0 Å². The van der Waals surface area contributed by atoms with Crippen LogP contribution in [0.4, 0.5) is 5.95 Å². The van der Waals surface area contributed by atoms with Crippen LogP contribution in [0.1, 0.15) is 33.0 Å². The van der Waals surface area contributed by atoms with Crippen molar-refractivity contribution in [3.8, 4) is 0 Å². The van der Waals surface area contributed by atoms with E-state index in [1.807, 2.05) is 27.8 Å². The third kappa shape index (κ3) is 5.57. The molecule has 1 aromatic heterocycles. The smallest absolute Gasteiger partial charge is 0.226 e. The van der Waals surface area contributed by atoms with Gasteiger partial charge in [0.15, 0.2) is 5.16 Å². The van der Waals surface area contributed by atoms with E-state index in [1.165, 1.54) is 0 Å². The van der Waals surface area contributed by atoms with Crippen molar-refractivity contribution in [2.24, 2.45) is 0 Å². The second-order valence-corrected chi connectivity index (χ2v) is 3.65. The van der Waals surface area contributed by atoms with Gasteiger partial charge in [0.1, 0.15) is 5.82 Å². The topological polar surface area (TPSA) is 50.7 Å². The van der Waals surface area contributed by atoms with Gasteiger partial charge in [0.05, 0.1) is 0 Å². The van der Waals surface area contributed by atoms with Gasteiger partial charge < -0.3 is 5.32 Å². The summed E-state index contributed by atoms with van der Waals surface area (Å²) >= 11 is 1.66. The molecule has 5 heteroatoms. The molecule has 0 fully saturated rings. The lowest BCUT2D eigenvalue weighted by molar-refractivity contribution is 0.862. The van der Waals surface area contributed by atoms with Gasteiger partial charge in [0, 0.05) is 12.8 Å². The van der Waals surface area contributed by atoms with Gasteiger partial charge in [-0.3, -0.25) is 0 Å². The molecule has 0 atom stereocenters. The van der Waals surface area contributed by atoms with E-state index in [0.717, 1.165) is 23.2 Å². The van der Waals surface area contributed by atoms with E-state index in [9.17, 15) is 0 Å². The number of hydrogen-bond acceptors (Lipinski definition) is 5. The van der Waals surface area contributed by atoms with Gasteiger partial charge in [-0.2, -0.15) is 9.97 Å². The number of nitrogens with zero attached hydrogens (tertiary/aromatic N) is 3. The van der Waals surface area contributed by atoms with Gasteiger partial charge in [-0.15, -0.1) is 0 Å². The fourth-order valence-electron chi connectivity index (χ4n) is 0.827. The molecule has 86 valence electrons. The number of aromatic nitrogens is 3. The normalized spacial score (nSPS) is 9.13. The van der Waals surface area contributed by atoms with E-state index < -0.39 is 0 Å². The van der Waals surface area contributed by atoms with Crippen LogP contribution in [0.5, 0.6) is 0 Å². The van der Waals surface area contributed by atoms with Crippen LogP contribution in [0, 0.1) is 6.92 Å². The van der Waals surface area contributed by atoms with Gasteiger partial charge in [0.2, 0.25) is 5.95 Å². The van der Waals surface area contributed by atoms with Gasteiger partial charge in [0.25, 0.3) is 0 Å². The van der Waals surface area contributed by atoms with Gasteiger partial charge in [-0.05, 0) is 13.3 Å². The van der Waals surface area contributed by atoms with Crippen LogP contribution >= 0.6 is 11.8 Å². The van der Waals surface area contributed by atoms with Crippen LogP contribution in [0.2, 0.25) is 0 Å². The quantitative estimate of drug-likeness (QED) is 0.803. The summed E-state index contributed by atoms with van der Waals surface area (Å²) in [5, 5.41) is 3.71. The molecule has 0 aliphatic carbocycles. The molecule has 0 spiro atoms. The number of rotatable bonds is 4. The molecular weight excluding hydrogens is 208 g/mol. The SMILES string of the molecule is CC.CCCSc1nc(C)nc(NC)n1. The van der Waals surface area contributed by atoms with Crippen LogP contribution in [0.15, 0.2) is 5.16 Å². The second kappa shape index (κ2) is 8.47. The summed E-state index contributed by atoms with van der Waals surface area (Å²) < 4.78 is 0. The molecule has 4 nitrogen and oxygen atoms in total. The summed E-state index contributed by atoms with van der Waals surface area (Å²) in [6.07, 6.45) is 1.13. The average molecular weight is 228 g/mol. The summed E-state index contributed by atoms with van der Waals surface area (Å²) in [6, 6.07) is 0. The van der Waals surface area contributed by atoms with Crippen LogP contribution in [0.3, 0.4) is 0 Å². The van der Waals surface area contributed by atoms with Crippen molar-refractivity contribution in [2.45, 2.75) is 39.3 Å². The first kappa shape index (κ1) is 14.2. The standard InChI is InChI=1S/C8H14N4S.C2H6/c1-4-5-13-8-11-6(2)10-7(9-3)12-8;1-2/h4-5H2,1-3H3,(H,9,10,11,12);1-2H3. The van der Waals surface area contributed by atoms with Crippen molar-refractivity contribution in [1.82, 2.24) is 15.0 Å². The zero-order chi connectivity index (χ0) is 11.7. The van der Waals surface area contributed by atoms with Crippen molar-refractivity contribution in [3.05, 3.63) is 5.82 Å². The summed E-state index contributed by atoms with van der Waals surface area (Å²) in [4.78, 5) is 12.6. The molecule has 1 aromatic rings. The molecule has 1 heterocycles. The first-order chi connectivity index (χ1) is 7.26. The average Bonchev–Trinajstić information content (AvgIpc) is 2.28. The Kier molecular flexibility index (Phi) is 7.99. The molecule has 15 heavy (non-hydrogen) atoms. The Hall–Kier alpha value is -0.840. The zero-order valence-electron chi connectivity index (χ0n) is 10.2. The molecule has 0 bridgehead atoms. The Morgan fingerprint density at radius 2 is 1.87 bits per heavy atom. The summed E-state index contributed by atoms with van der Waals surface area (Å²) in [6.45, 7) is 8.01. The summed E-state index contributed by atoms with van der Waals surface area (Å²) in [5.41, 5.74) is 0. The lowest BCUT2D eigenvalue weighted by atomic mass is 10.6. The van der Waals surface area contributed by atoms with E-state index in [0.29, 0.717) is 5.95 Å². The maximum atomic E-state index is 4.22. The molecular formula is C10H20N4S. The fraction of sp³-hybridized carbons (Fsp3) is 0.700. The second-order valence-electron chi connectivity index (χ2n) is 2.59. The first-order valence-electron chi connectivity index (χ1n) is 5.29. The maximum Gasteiger partial charge on any atom is 0.226 e. The lowest BCUT2D eigenvalue weighted by Crippen LogP contribution is -2.02. The molecule has 0 saturated carbocycles. The third-order valence-corrected chi connectivity index (χ3v) is 2.44. The minimum absolute atomic E-state index is 0.645. The Labute approximate surface area is 96.3 Å². The molecule has 0 aromatic carbocycles. The van der Waals surface area contributed by atoms with Gasteiger partial charge >= 0.3 is 0 Å². The largest absolute Gasteiger partial charge is 0.357 e. The Balaban J connectivity index is 0.000000921. The number of thioether (sulfide) groups is 1. The minimum atomic E-state index is 0.645. The molecule has 0 aliphatic rings. The molecule has 1 rings (SSSR count). The highest BCUT2D eigenvalue weighted by atomic mass is 32.2. The highest BCUT2D eigenvalue weighted by Crippen LogP contribution is 2.14. The molecule has 0 saturated heterocycles. The van der Waals surface area contributed by atoms with Crippen LogP contribution in [0.25, 0.3) is 0 Å². The molecule has 0 amide bonds. The molecule has 0 unspecified atom stereocenters. The van der Waals surface area contributed by atoms with Crippen molar-refractivity contribution < 1.29 is 0 Å². The van der Waals surface area contributed by atoms with E-state index in [4.69, 9.17) is 0 Å². The first-order valence-corrected chi connectivity index (χ1v) is 6.28. The maximum absolute atomic E-state index is 4.22. The zero-order valence-corrected chi connectivity index (χ0v) is 11.0.